The average Bonchev–Trinajstić information content (AvgIpc) is 2.59. The van der Waals surface area contributed by atoms with Crippen molar-refractivity contribution in [3.8, 4) is 0 Å². The minimum Gasteiger partial charge on any atom is -0.309 e. The van der Waals surface area contributed by atoms with Crippen LogP contribution in [0.25, 0.3) is 0 Å². The zero-order chi connectivity index (χ0) is 12.4. The number of thiophene rings is 1. The van der Waals surface area contributed by atoms with Crippen LogP contribution in [0.3, 0.4) is 0 Å². The SMILES string of the molecule is CNC(c1cncc(F)c1)c1cc(Cl)sc1Cl. The van der Waals surface area contributed by atoms with Gasteiger partial charge in [0, 0.05) is 11.8 Å². The molecule has 2 nitrogen and oxygen atoms in total. The zero-order valence-electron chi connectivity index (χ0n) is 8.88. The third-order valence-electron chi connectivity index (χ3n) is 2.34. The maximum absolute atomic E-state index is 13.1. The van der Waals surface area contributed by atoms with Crippen molar-refractivity contribution in [2.45, 2.75) is 6.04 Å². The van der Waals surface area contributed by atoms with Crippen LogP contribution in [-0.4, -0.2) is 12.0 Å². The maximum Gasteiger partial charge on any atom is 0.141 e. The molecule has 2 aromatic heterocycles. The Morgan fingerprint density at radius 1 is 1.35 bits per heavy atom. The molecule has 0 saturated heterocycles. The van der Waals surface area contributed by atoms with Crippen LogP contribution < -0.4 is 5.32 Å². The number of pyridine rings is 1. The van der Waals surface area contributed by atoms with Gasteiger partial charge in [0.25, 0.3) is 0 Å². The van der Waals surface area contributed by atoms with Gasteiger partial charge >= 0.3 is 0 Å². The smallest absolute Gasteiger partial charge is 0.141 e. The molecule has 0 fully saturated rings. The second-order valence-corrected chi connectivity index (χ2v) is 5.72. The summed E-state index contributed by atoms with van der Waals surface area (Å²) in [6, 6.07) is 2.99. The molecule has 0 amide bonds. The minimum absolute atomic E-state index is 0.213. The summed E-state index contributed by atoms with van der Waals surface area (Å²) in [5.41, 5.74) is 1.54. The van der Waals surface area contributed by atoms with Gasteiger partial charge in [-0.2, -0.15) is 0 Å². The van der Waals surface area contributed by atoms with Gasteiger partial charge in [-0.3, -0.25) is 4.98 Å². The Morgan fingerprint density at radius 3 is 2.65 bits per heavy atom. The van der Waals surface area contributed by atoms with E-state index in [0.29, 0.717) is 14.2 Å². The van der Waals surface area contributed by atoms with Gasteiger partial charge in [0.2, 0.25) is 0 Å². The fraction of sp³-hybridized carbons (Fsp3) is 0.182. The molecule has 0 radical (unpaired) electrons. The molecule has 1 unspecified atom stereocenters. The first kappa shape index (κ1) is 12.8. The van der Waals surface area contributed by atoms with Crippen LogP contribution in [0.2, 0.25) is 8.67 Å². The van der Waals surface area contributed by atoms with Crippen LogP contribution in [0.5, 0.6) is 0 Å². The van der Waals surface area contributed by atoms with Crippen molar-refractivity contribution < 1.29 is 4.39 Å². The molecule has 1 atom stereocenters. The summed E-state index contributed by atoms with van der Waals surface area (Å²) in [6.45, 7) is 0. The highest BCUT2D eigenvalue weighted by atomic mass is 35.5. The van der Waals surface area contributed by atoms with E-state index < -0.39 is 0 Å². The first-order chi connectivity index (χ1) is 8.11. The van der Waals surface area contributed by atoms with E-state index in [1.54, 1.807) is 19.3 Å². The first-order valence-corrected chi connectivity index (χ1v) is 6.41. The van der Waals surface area contributed by atoms with Crippen LogP contribution in [-0.2, 0) is 0 Å². The van der Waals surface area contributed by atoms with Crippen LogP contribution in [0.4, 0.5) is 4.39 Å². The predicted molar refractivity (Wildman–Crippen MR) is 69.4 cm³/mol. The molecule has 0 aliphatic carbocycles. The Labute approximate surface area is 112 Å². The van der Waals surface area contributed by atoms with Crippen molar-refractivity contribution in [1.82, 2.24) is 10.3 Å². The lowest BCUT2D eigenvalue weighted by Crippen LogP contribution is -2.17. The molecular formula is C11H9Cl2FN2S. The van der Waals surface area contributed by atoms with Crippen LogP contribution in [0.15, 0.2) is 24.5 Å². The quantitative estimate of drug-likeness (QED) is 0.927. The van der Waals surface area contributed by atoms with Gasteiger partial charge in [0.05, 0.1) is 20.9 Å². The lowest BCUT2D eigenvalue weighted by Gasteiger charge is -2.15. The van der Waals surface area contributed by atoms with E-state index >= 15 is 0 Å². The lowest BCUT2D eigenvalue weighted by molar-refractivity contribution is 0.609. The van der Waals surface area contributed by atoms with Crippen molar-refractivity contribution in [3.05, 3.63) is 50.1 Å². The van der Waals surface area contributed by atoms with Crippen molar-refractivity contribution in [2.75, 3.05) is 7.05 Å². The molecule has 2 rings (SSSR count). The minimum atomic E-state index is -0.375. The number of hydrogen-bond donors (Lipinski definition) is 1. The van der Waals surface area contributed by atoms with E-state index in [4.69, 9.17) is 23.2 Å². The van der Waals surface area contributed by atoms with E-state index in [2.05, 4.69) is 10.3 Å². The highest BCUT2D eigenvalue weighted by Crippen LogP contribution is 2.37. The number of hydrogen-bond acceptors (Lipinski definition) is 3. The van der Waals surface area contributed by atoms with E-state index in [0.717, 1.165) is 5.56 Å². The summed E-state index contributed by atoms with van der Waals surface area (Å²) in [7, 11) is 1.78. The third kappa shape index (κ3) is 2.77. The van der Waals surface area contributed by atoms with Gasteiger partial charge in [0.1, 0.15) is 5.82 Å². The van der Waals surface area contributed by atoms with Crippen molar-refractivity contribution in [2.24, 2.45) is 0 Å². The van der Waals surface area contributed by atoms with Crippen molar-refractivity contribution in [1.29, 1.82) is 0 Å². The van der Waals surface area contributed by atoms with Gasteiger partial charge in [-0.25, -0.2) is 4.39 Å². The molecular weight excluding hydrogens is 282 g/mol. The Bertz CT molecular complexity index is 530. The molecule has 0 aromatic carbocycles. The Hall–Kier alpha value is -0.680. The average molecular weight is 291 g/mol. The Morgan fingerprint density at radius 2 is 2.12 bits per heavy atom. The van der Waals surface area contributed by atoms with Gasteiger partial charge < -0.3 is 5.32 Å². The number of nitrogens with zero attached hydrogens (tertiary/aromatic N) is 1. The van der Waals surface area contributed by atoms with Gasteiger partial charge in [0.15, 0.2) is 0 Å². The fourth-order valence-corrected chi connectivity index (χ4v) is 3.17. The van der Waals surface area contributed by atoms with Crippen LogP contribution in [0, 0.1) is 5.82 Å². The highest BCUT2D eigenvalue weighted by Gasteiger charge is 2.18. The maximum atomic E-state index is 13.1. The zero-order valence-corrected chi connectivity index (χ0v) is 11.2. The summed E-state index contributed by atoms with van der Waals surface area (Å²) >= 11 is 13.3. The third-order valence-corrected chi connectivity index (χ3v) is 3.86. The molecule has 0 aliphatic heterocycles. The van der Waals surface area contributed by atoms with E-state index in [-0.39, 0.29) is 11.9 Å². The van der Waals surface area contributed by atoms with Crippen LogP contribution >= 0.6 is 34.5 Å². The Balaban J connectivity index is 2.43. The largest absolute Gasteiger partial charge is 0.309 e. The lowest BCUT2D eigenvalue weighted by atomic mass is 10.0. The molecule has 0 aliphatic rings. The van der Waals surface area contributed by atoms with Crippen molar-refractivity contribution >= 4 is 34.5 Å². The van der Waals surface area contributed by atoms with Crippen LogP contribution in [0.1, 0.15) is 17.2 Å². The second kappa shape index (κ2) is 5.31. The first-order valence-electron chi connectivity index (χ1n) is 4.84. The van der Waals surface area contributed by atoms with E-state index in [9.17, 15) is 4.39 Å². The van der Waals surface area contributed by atoms with E-state index in [1.165, 1.54) is 23.6 Å². The number of aromatic nitrogens is 1. The fourth-order valence-electron chi connectivity index (χ4n) is 1.64. The summed E-state index contributed by atoms with van der Waals surface area (Å²) in [6.07, 6.45) is 2.77. The number of halogens is 3. The standard InChI is InChI=1S/C11H9Cl2FN2S/c1-15-10(6-2-7(14)5-16-4-6)8-3-9(12)17-11(8)13/h2-5,10,15H,1H3. The summed E-state index contributed by atoms with van der Waals surface area (Å²) in [5.74, 6) is -0.375. The van der Waals surface area contributed by atoms with Gasteiger partial charge in [-0.1, -0.05) is 23.2 Å². The molecule has 2 aromatic rings. The molecule has 1 N–H and O–H groups in total. The summed E-state index contributed by atoms with van der Waals surface area (Å²) in [4.78, 5) is 3.83. The molecule has 2 heterocycles. The summed E-state index contributed by atoms with van der Waals surface area (Å²) in [5, 5.41) is 3.07. The summed E-state index contributed by atoms with van der Waals surface area (Å²) < 4.78 is 14.3. The molecule has 0 saturated carbocycles. The molecule has 6 heteroatoms. The molecule has 17 heavy (non-hydrogen) atoms. The van der Waals surface area contributed by atoms with Gasteiger partial charge in [-0.15, -0.1) is 11.3 Å². The van der Waals surface area contributed by atoms with Crippen molar-refractivity contribution in [3.63, 3.8) is 0 Å². The topological polar surface area (TPSA) is 24.9 Å². The highest BCUT2D eigenvalue weighted by molar-refractivity contribution is 7.20. The van der Waals surface area contributed by atoms with E-state index in [1.807, 2.05) is 0 Å². The molecule has 0 spiro atoms. The second-order valence-electron chi connectivity index (χ2n) is 3.44. The Kier molecular flexibility index (Phi) is 3.99. The van der Waals surface area contributed by atoms with Gasteiger partial charge in [-0.05, 0) is 24.7 Å². The number of rotatable bonds is 3. The number of nitrogens with one attached hydrogen (secondary N) is 1. The monoisotopic (exact) mass is 290 g/mol. The molecule has 0 bridgehead atoms. The molecule has 90 valence electrons. The normalized spacial score (nSPS) is 12.7. The predicted octanol–water partition coefficient (Wildman–Crippen LogP) is 3.90.